The standard InChI is InChI=1S/C19H19FN2O2/c1-12-3-7-16(8-4-12)22-11-14(9-18(22)23)19(24)21-17-10-15(20)6-5-13(17)2/h3-8,10,14H,9,11H2,1-2H3,(H,21,24). The van der Waals surface area contributed by atoms with Crippen molar-refractivity contribution in [1.29, 1.82) is 0 Å². The number of carbonyl (C=O) groups excluding carboxylic acids is 2. The molecule has 0 bridgehead atoms. The fourth-order valence-corrected chi connectivity index (χ4v) is 2.82. The summed E-state index contributed by atoms with van der Waals surface area (Å²) in [6, 6.07) is 11.9. The van der Waals surface area contributed by atoms with Gasteiger partial charge in [-0.3, -0.25) is 9.59 Å². The molecule has 1 N–H and O–H groups in total. The highest BCUT2D eigenvalue weighted by Crippen LogP contribution is 2.27. The van der Waals surface area contributed by atoms with Gasteiger partial charge in [0.1, 0.15) is 5.82 Å². The lowest BCUT2D eigenvalue weighted by Crippen LogP contribution is -2.28. The maximum atomic E-state index is 13.3. The van der Waals surface area contributed by atoms with Crippen LogP contribution in [0.2, 0.25) is 0 Å². The second-order valence-electron chi connectivity index (χ2n) is 6.19. The van der Waals surface area contributed by atoms with Crippen molar-refractivity contribution in [1.82, 2.24) is 0 Å². The number of halogens is 1. The van der Waals surface area contributed by atoms with Gasteiger partial charge >= 0.3 is 0 Å². The van der Waals surface area contributed by atoms with Crippen LogP contribution in [-0.2, 0) is 9.59 Å². The van der Waals surface area contributed by atoms with Crippen LogP contribution < -0.4 is 10.2 Å². The third-order valence-electron chi connectivity index (χ3n) is 4.30. The van der Waals surface area contributed by atoms with E-state index in [1.165, 1.54) is 12.1 Å². The summed E-state index contributed by atoms with van der Waals surface area (Å²) >= 11 is 0. The van der Waals surface area contributed by atoms with E-state index in [-0.39, 0.29) is 18.2 Å². The van der Waals surface area contributed by atoms with Crippen LogP contribution in [0.1, 0.15) is 17.5 Å². The summed E-state index contributed by atoms with van der Waals surface area (Å²) in [5.41, 5.74) is 3.13. The molecule has 2 aromatic carbocycles. The number of anilines is 2. The highest BCUT2D eigenvalue weighted by Gasteiger charge is 2.35. The maximum Gasteiger partial charge on any atom is 0.229 e. The molecule has 1 heterocycles. The van der Waals surface area contributed by atoms with E-state index in [0.717, 1.165) is 16.8 Å². The minimum atomic E-state index is -0.443. The molecule has 1 unspecified atom stereocenters. The van der Waals surface area contributed by atoms with E-state index in [0.29, 0.717) is 12.2 Å². The Morgan fingerprint density at radius 1 is 1.17 bits per heavy atom. The zero-order chi connectivity index (χ0) is 17.3. The van der Waals surface area contributed by atoms with Gasteiger partial charge in [0.2, 0.25) is 11.8 Å². The van der Waals surface area contributed by atoms with Crippen molar-refractivity contribution in [3.8, 4) is 0 Å². The van der Waals surface area contributed by atoms with Gasteiger partial charge in [-0.1, -0.05) is 23.8 Å². The van der Waals surface area contributed by atoms with Crippen LogP contribution in [0.25, 0.3) is 0 Å². The van der Waals surface area contributed by atoms with Gasteiger partial charge in [0, 0.05) is 24.3 Å². The molecule has 24 heavy (non-hydrogen) atoms. The van der Waals surface area contributed by atoms with E-state index >= 15 is 0 Å². The van der Waals surface area contributed by atoms with E-state index in [4.69, 9.17) is 0 Å². The Bertz CT molecular complexity index is 786. The smallest absolute Gasteiger partial charge is 0.229 e. The van der Waals surface area contributed by atoms with Gasteiger partial charge in [0.25, 0.3) is 0 Å². The summed E-state index contributed by atoms with van der Waals surface area (Å²) in [4.78, 5) is 26.3. The maximum absolute atomic E-state index is 13.3. The molecule has 0 aromatic heterocycles. The Kier molecular flexibility index (Phi) is 4.34. The van der Waals surface area contributed by atoms with Crippen molar-refractivity contribution in [2.45, 2.75) is 20.3 Å². The average Bonchev–Trinajstić information content (AvgIpc) is 2.94. The zero-order valence-electron chi connectivity index (χ0n) is 13.7. The number of amides is 2. The average molecular weight is 326 g/mol. The number of aryl methyl sites for hydroxylation is 2. The molecular formula is C19H19FN2O2. The molecule has 2 aromatic rings. The molecule has 5 heteroatoms. The van der Waals surface area contributed by atoms with E-state index < -0.39 is 11.7 Å². The molecule has 1 aliphatic rings. The third-order valence-corrected chi connectivity index (χ3v) is 4.30. The lowest BCUT2D eigenvalue weighted by Gasteiger charge is -2.17. The number of carbonyl (C=O) groups is 2. The molecule has 124 valence electrons. The molecule has 3 rings (SSSR count). The summed E-state index contributed by atoms with van der Waals surface area (Å²) in [7, 11) is 0. The zero-order valence-corrected chi connectivity index (χ0v) is 13.7. The molecule has 0 saturated carbocycles. The van der Waals surface area contributed by atoms with E-state index in [9.17, 15) is 14.0 Å². The minimum absolute atomic E-state index is 0.0741. The van der Waals surface area contributed by atoms with Gasteiger partial charge in [-0.15, -0.1) is 0 Å². The van der Waals surface area contributed by atoms with Crippen molar-refractivity contribution < 1.29 is 14.0 Å². The highest BCUT2D eigenvalue weighted by atomic mass is 19.1. The summed E-state index contributed by atoms with van der Waals surface area (Å²) in [6.45, 7) is 4.11. The number of rotatable bonds is 3. The Morgan fingerprint density at radius 3 is 2.58 bits per heavy atom. The van der Waals surface area contributed by atoms with Crippen molar-refractivity contribution >= 4 is 23.2 Å². The predicted octanol–water partition coefficient (Wildman–Crippen LogP) is 3.43. The molecule has 1 atom stereocenters. The molecule has 1 aliphatic heterocycles. The van der Waals surface area contributed by atoms with Gasteiger partial charge in [-0.25, -0.2) is 4.39 Å². The normalized spacial score (nSPS) is 17.2. The van der Waals surface area contributed by atoms with Crippen LogP contribution >= 0.6 is 0 Å². The minimum Gasteiger partial charge on any atom is -0.325 e. The van der Waals surface area contributed by atoms with Gasteiger partial charge < -0.3 is 10.2 Å². The van der Waals surface area contributed by atoms with Crippen LogP contribution in [0.15, 0.2) is 42.5 Å². The lowest BCUT2D eigenvalue weighted by molar-refractivity contribution is -0.122. The molecule has 1 fully saturated rings. The number of benzene rings is 2. The Hall–Kier alpha value is -2.69. The van der Waals surface area contributed by atoms with E-state index in [2.05, 4.69) is 5.32 Å². The van der Waals surface area contributed by atoms with Crippen molar-refractivity contribution in [2.24, 2.45) is 5.92 Å². The Balaban J connectivity index is 1.72. The van der Waals surface area contributed by atoms with E-state index in [1.807, 2.05) is 31.2 Å². The first-order valence-electron chi connectivity index (χ1n) is 7.88. The number of hydrogen-bond donors (Lipinski definition) is 1. The quantitative estimate of drug-likeness (QED) is 0.939. The van der Waals surface area contributed by atoms with Crippen molar-refractivity contribution in [2.75, 3.05) is 16.8 Å². The lowest BCUT2D eigenvalue weighted by atomic mass is 10.1. The van der Waals surface area contributed by atoms with Gasteiger partial charge in [-0.05, 0) is 43.7 Å². The largest absolute Gasteiger partial charge is 0.325 e. The fourth-order valence-electron chi connectivity index (χ4n) is 2.82. The molecule has 0 radical (unpaired) electrons. The second-order valence-corrected chi connectivity index (χ2v) is 6.19. The van der Waals surface area contributed by atoms with E-state index in [1.54, 1.807) is 17.9 Å². The van der Waals surface area contributed by atoms with Gasteiger partial charge in [-0.2, -0.15) is 0 Å². The van der Waals surface area contributed by atoms with Crippen LogP contribution in [0.5, 0.6) is 0 Å². The topological polar surface area (TPSA) is 49.4 Å². The molecular weight excluding hydrogens is 307 g/mol. The van der Waals surface area contributed by atoms with Crippen LogP contribution in [0.3, 0.4) is 0 Å². The Morgan fingerprint density at radius 2 is 1.88 bits per heavy atom. The second kappa shape index (κ2) is 6.43. The van der Waals surface area contributed by atoms with Crippen molar-refractivity contribution in [3.63, 3.8) is 0 Å². The summed E-state index contributed by atoms with van der Waals surface area (Å²) in [5, 5.41) is 2.74. The SMILES string of the molecule is Cc1ccc(N2CC(C(=O)Nc3cc(F)ccc3C)CC2=O)cc1. The summed E-state index contributed by atoms with van der Waals surface area (Å²) < 4.78 is 13.3. The number of hydrogen-bond acceptors (Lipinski definition) is 2. The van der Waals surface area contributed by atoms with Gasteiger partial charge in [0.15, 0.2) is 0 Å². The third kappa shape index (κ3) is 3.30. The van der Waals surface area contributed by atoms with Crippen molar-refractivity contribution in [3.05, 3.63) is 59.4 Å². The monoisotopic (exact) mass is 326 g/mol. The predicted molar refractivity (Wildman–Crippen MR) is 91.4 cm³/mol. The number of nitrogens with zero attached hydrogens (tertiary/aromatic N) is 1. The number of nitrogens with one attached hydrogen (secondary N) is 1. The van der Waals surface area contributed by atoms with Gasteiger partial charge in [0.05, 0.1) is 5.92 Å². The van der Waals surface area contributed by atoms with Crippen LogP contribution in [0, 0.1) is 25.6 Å². The first-order chi connectivity index (χ1) is 11.4. The molecule has 0 spiro atoms. The Labute approximate surface area is 140 Å². The molecule has 1 saturated heterocycles. The molecule has 4 nitrogen and oxygen atoms in total. The fraction of sp³-hybridized carbons (Fsp3) is 0.263. The molecule has 0 aliphatic carbocycles. The molecule has 2 amide bonds. The van der Waals surface area contributed by atoms with Crippen LogP contribution in [-0.4, -0.2) is 18.4 Å². The first kappa shape index (κ1) is 16.2. The summed E-state index contributed by atoms with van der Waals surface area (Å²) in [5.74, 6) is -1.18. The van der Waals surface area contributed by atoms with Crippen LogP contribution in [0.4, 0.5) is 15.8 Å². The summed E-state index contributed by atoms with van der Waals surface area (Å²) in [6.07, 6.45) is 0.161. The highest BCUT2D eigenvalue weighted by molar-refractivity contribution is 6.03. The first-order valence-corrected chi connectivity index (χ1v) is 7.88.